The number of benzene rings is 2. The second kappa shape index (κ2) is 5.63. The summed E-state index contributed by atoms with van der Waals surface area (Å²) in [7, 11) is 0. The summed E-state index contributed by atoms with van der Waals surface area (Å²) < 4.78 is 0. The molecule has 2 rings (SSSR count). The maximum Gasteiger partial charge on any atom is 0.152 e. The molecule has 0 atom stereocenters. The Morgan fingerprint density at radius 2 is 1.37 bits per heavy atom. The minimum atomic E-state index is -1.28. The van der Waals surface area contributed by atoms with Gasteiger partial charge in [0.1, 0.15) is 5.60 Å². The SMILES string of the molecule is CC(=O)C=CC(O)(c1ccccc1)c1ccccc1. The number of carbonyl (C=O) groups is 1. The van der Waals surface area contributed by atoms with Crippen LogP contribution in [0.15, 0.2) is 72.8 Å². The Morgan fingerprint density at radius 3 is 1.74 bits per heavy atom. The molecule has 2 aromatic rings. The Hall–Kier alpha value is -2.19. The van der Waals surface area contributed by atoms with Crippen LogP contribution >= 0.6 is 0 Å². The van der Waals surface area contributed by atoms with Gasteiger partial charge in [-0.2, -0.15) is 0 Å². The molecule has 2 heteroatoms. The van der Waals surface area contributed by atoms with Crippen LogP contribution in [0.4, 0.5) is 0 Å². The predicted molar refractivity (Wildman–Crippen MR) is 75.7 cm³/mol. The van der Waals surface area contributed by atoms with Crippen molar-refractivity contribution in [1.82, 2.24) is 0 Å². The monoisotopic (exact) mass is 252 g/mol. The highest BCUT2D eigenvalue weighted by molar-refractivity contribution is 5.87. The molecule has 19 heavy (non-hydrogen) atoms. The van der Waals surface area contributed by atoms with Crippen LogP contribution < -0.4 is 0 Å². The maximum absolute atomic E-state index is 11.2. The summed E-state index contributed by atoms with van der Waals surface area (Å²) in [6, 6.07) is 18.6. The highest BCUT2D eigenvalue weighted by Crippen LogP contribution is 2.30. The molecule has 0 fully saturated rings. The van der Waals surface area contributed by atoms with Crippen molar-refractivity contribution in [3.05, 3.63) is 83.9 Å². The fraction of sp³-hybridized carbons (Fsp3) is 0.118. The van der Waals surface area contributed by atoms with Crippen molar-refractivity contribution in [2.45, 2.75) is 12.5 Å². The lowest BCUT2D eigenvalue weighted by atomic mass is 9.86. The molecule has 0 aliphatic carbocycles. The van der Waals surface area contributed by atoms with Gasteiger partial charge < -0.3 is 5.11 Å². The second-order valence-electron chi connectivity index (χ2n) is 4.44. The number of ketones is 1. The fourth-order valence-corrected chi connectivity index (χ4v) is 1.98. The molecule has 96 valence electrons. The molecule has 0 amide bonds. The minimum absolute atomic E-state index is 0.0923. The van der Waals surface area contributed by atoms with Crippen molar-refractivity contribution < 1.29 is 9.90 Å². The molecule has 1 N–H and O–H groups in total. The van der Waals surface area contributed by atoms with Crippen molar-refractivity contribution in [2.24, 2.45) is 0 Å². The van der Waals surface area contributed by atoms with Gasteiger partial charge in [-0.1, -0.05) is 60.7 Å². The van der Waals surface area contributed by atoms with Gasteiger partial charge in [-0.15, -0.1) is 0 Å². The van der Waals surface area contributed by atoms with E-state index in [-0.39, 0.29) is 5.78 Å². The second-order valence-corrected chi connectivity index (χ2v) is 4.44. The van der Waals surface area contributed by atoms with E-state index >= 15 is 0 Å². The van der Waals surface area contributed by atoms with Gasteiger partial charge in [0, 0.05) is 0 Å². The molecule has 0 unspecified atom stereocenters. The Bertz CT molecular complexity index is 531. The first-order valence-corrected chi connectivity index (χ1v) is 6.16. The zero-order chi connectivity index (χ0) is 13.7. The van der Waals surface area contributed by atoms with Crippen molar-refractivity contribution in [1.29, 1.82) is 0 Å². The Kier molecular flexibility index (Phi) is 3.93. The van der Waals surface area contributed by atoms with Gasteiger partial charge in [0.05, 0.1) is 0 Å². The summed E-state index contributed by atoms with van der Waals surface area (Å²) in [4.78, 5) is 11.2. The topological polar surface area (TPSA) is 37.3 Å². The first-order valence-electron chi connectivity index (χ1n) is 6.16. The van der Waals surface area contributed by atoms with E-state index in [9.17, 15) is 9.90 Å². The first kappa shape index (κ1) is 13.2. The summed E-state index contributed by atoms with van der Waals surface area (Å²) in [5.74, 6) is -0.0923. The van der Waals surface area contributed by atoms with E-state index < -0.39 is 5.60 Å². The number of aliphatic hydroxyl groups is 1. The minimum Gasteiger partial charge on any atom is -0.377 e. The largest absolute Gasteiger partial charge is 0.377 e. The number of carbonyl (C=O) groups excluding carboxylic acids is 1. The lowest BCUT2D eigenvalue weighted by Crippen LogP contribution is -2.24. The predicted octanol–water partition coefficient (Wildman–Crippen LogP) is 3.07. The van der Waals surface area contributed by atoms with Crippen LogP contribution in [0.5, 0.6) is 0 Å². The van der Waals surface area contributed by atoms with Gasteiger partial charge in [-0.25, -0.2) is 0 Å². The lowest BCUT2D eigenvalue weighted by Gasteiger charge is -2.25. The van der Waals surface area contributed by atoms with Crippen LogP contribution in [-0.4, -0.2) is 10.9 Å². The Morgan fingerprint density at radius 1 is 0.947 bits per heavy atom. The van der Waals surface area contributed by atoms with Crippen LogP contribution in [0.2, 0.25) is 0 Å². The van der Waals surface area contributed by atoms with Crippen LogP contribution in [0.25, 0.3) is 0 Å². The molecular weight excluding hydrogens is 236 g/mol. The molecule has 0 saturated carbocycles. The zero-order valence-electron chi connectivity index (χ0n) is 10.8. The molecule has 0 radical (unpaired) electrons. The number of allylic oxidation sites excluding steroid dienone is 1. The molecule has 0 aliphatic rings. The number of hydrogen-bond donors (Lipinski definition) is 1. The molecule has 0 spiro atoms. The number of rotatable bonds is 4. The van der Waals surface area contributed by atoms with E-state index in [0.29, 0.717) is 0 Å². The van der Waals surface area contributed by atoms with Crippen molar-refractivity contribution in [3.63, 3.8) is 0 Å². The van der Waals surface area contributed by atoms with Gasteiger partial charge in [0.25, 0.3) is 0 Å². The molecule has 0 heterocycles. The average molecular weight is 252 g/mol. The molecule has 0 bridgehead atoms. The molecule has 2 nitrogen and oxygen atoms in total. The van der Waals surface area contributed by atoms with Crippen molar-refractivity contribution in [3.8, 4) is 0 Å². The van der Waals surface area contributed by atoms with E-state index in [1.54, 1.807) is 6.08 Å². The van der Waals surface area contributed by atoms with Gasteiger partial charge in [-0.05, 0) is 30.2 Å². The first-order chi connectivity index (χ1) is 9.13. The van der Waals surface area contributed by atoms with E-state index in [1.165, 1.54) is 13.0 Å². The molecule has 2 aromatic carbocycles. The molecular formula is C17H16O2. The molecule has 0 aliphatic heterocycles. The zero-order valence-corrected chi connectivity index (χ0v) is 10.8. The smallest absolute Gasteiger partial charge is 0.152 e. The molecule has 0 saturated heterocycles. The summed E-state index contributed by atoms with van der Waals surface area (Å²) in [6.07, 6.45) is 2.94. The van der Waals surface area contributed by atoms with Gasteiger partial charge in [0.2, 0.25) is 0 Å². The summed E-state index contributed by atoms with van der Waals surface area (Å²) in [5.41, 5.74) is 0.186. The van der Waals surface area contributed by atoms with Crippen molar-refractivity contribution >= 4 is 5.78 Å². The average Bonchev–Trinajstić information content (AvgIpc) is 2.46. The van der Waals surface area contributed by atoms with Crippen LogP contribution in [-0.2, 0) is 10.4 Å². The normalized spacial score (nSPS) is 11.7. The maximum atomic E-state index is 11.2. The van der Waals surface area contributed by atoms with Gasteiger partial charge >= 0.3 is 0 Å². The van der Waals surface area contributed by atoms with E-state index in [4.69, 9.17) is 0 Å². The third-order valence-electron chi connectivity index (χ3n) is 2.99. The van der Waals surface area contributed by atoms with E-state index in [1.807, 2.05) is 60.7 Å². The van der Waals surface area contributed by atoms with Gasteiger partial charge in [0.15, 0.2) is 5.78 Å². The summed E-state index contributed by atoms with van der Waals surface area (Å²) in [5, 5.41) is 11.0. The van der Waals surface area contributed by atoms with Crippen LogP contribution in [0, 0.1) is 0 Å². The van der Waals surface area contributed by atoms with Crippen LogP contribution in [0.3, 0.4) is 0 Å². The van der Waals surface area contributed by atoms with Gasteiger partial charge in [-0.3, -0.25) is 4.79 Å². The fourth-order valence-electron chi connectivity index (χ4n) is 1.98. The summed E-state index contributed by atoms with van der Waals surface area (Å²) in [6.45, 7) is 1.47. The third kappa shape index (κ3) is 2.98. The summed E-state index contributed by atoms with van der Waals surface area (Å²) >= 11 is 0. The standard InChI is InChI=1S/C17H16O2/c1-14(18)12-13-17(19,15-8-4-2-5-9-15)16-10-6-3-7-11-16/h2-13,19H,1H3. The van der Waals surface area contributed by atoms with E-state index in [0.717, 1.165) is 11.1 Å². The highest BCUT2D eigenvalue weighted by Gasteiger charge is 2.28. The Balaban J connectivity index is 2.54. The Labute approximate surface area is 113 Å². The highest BCUT2D eigenvalue weighted by atomic mass is 16.3. The van der Waals surface area contributed by atoms with E-state index in [2.05, 4.69) is 0 Å². The van der Waals surface area contributed by atoms with Crippen molar-refractivity contribution in [2.75, 3.05) is 0 Å². The lowest BCUT2D eigenvalue weighted by molar-refractivity contribution is -0.112. The number of hydrogen-bond acceptors (Lipinski definition) is 2. The quantitative estimate of drug-likeness (QED) is 0.849. The third-order valence-corrected chi connectivity index (χ3v) is 2.99. The van der Waals surface area contributed by atoms with Crippen LogP contribution in [0.1, 0.15) is 18.1 Å². The molecule has 0 aromatic heterocycles.